The Labute approximate surface area is 85.6 Å². The molecule has 1 aromatic rings. The number of hydrogen-bond donors (Lipinski definition) is 1. The Morgan fingerprint density at radius 1 is 1.13 bits per heavy atom. The Morgan fingerprint density at radius 2 is 1.80 bits per heavy atom. The summed E-state index contributed by atoms with van der Waals surface area (Å²) < 4.78 is 0. The first kappa shape index (κ1) is 9.58. The van der Waals surface area contributed by atoms with E-state index in [4.69, 9.17) is 0 Å². The van der Waals surface area contributed by atoms with Crippen LogP contribution in [-0.2, 0) is 6.42 Å². The van der Waals surface area contributed by atoms with Gasteiger partial charge in [-0.25, -0.2) is 0 Å². The SMILES string of the molecule is CCc1cc(=O)[nH]c2c1C(=O)C=CC2=O. The van der Waals surface area contributed by atoms with Crippen LogP contribution in [0, 0.1) is 0 Å². The van der Waals surface area contributed by atoms with Crippen molar-refractivity contribution in [1.82, 2.24) is 4.98 Å². The minimum absolute atomic E-state index is 0.117. The Morgan fingerprint density at radius 3 is 2.47 bits per heavy atom. The number of pyridine rings is 1. The Kier molecular flexibility index (Phi) is 2.11. The van der Waals surface area contributed by atoms with E-state index in [1.807, 2.05) is 6.92 Å². The molecule has 1 N–H and O–H groups in total. The van der Waals surface area contributed by atoms with Gasteiger partial charge in [-0.05, 0) is 24.1 Å². The molecule has 0 saturated heterocycles. The summed E-state index contributed by atoms with van der Waals surface area (Å²) in [5.41, 5.74) is 0.731. The van der Waals surface area contributed by atoms with Crippen LogP contribution in [0.25, 0.3) is 0 Å². The topological polar surface area (TPSA) is 67.0 Å². The van der Waals surface area contributed by atoms with Gasteiger partial charge in [-0.15, -0.1) is 0 Å². The van der Waals surface area contributed by atoms with Gasteiger partial charge in [-0.1, -0.05) is 6.92 Å². The predicted molar refractivity (Wildman–Crippen MR) is 54.2 cm³/mol. The van der Waals surface area contributed by atoms with Crippen LogP contribution in [0.1, 0.15) is 33.3 Å². The van der Waals surface area contributed by atoms with Crippen molar-refractivity contribution in [3.05, 3.63) is 45.4 Å². The van der Waals surface area contributed by atoms with Gasteiger partial charge in [0, 0.05) is 6.07 Å². The van der Waals surface area contributed by atoms with E-state index in [1.165, 1.54) is 18.2 Å². The number of aryl methyl sites for hydroxylation is 1. The lowest BCUT2D eigenvalue weighted by molar-refractivity contribution is 0.0989. The van der Waals surface area contributed by atoms with Gasteiger partial charge < -0.3 is 4.98 Å². The van der Waals surface area contributed by atoms with Gasteiger partial charge >= 0.3 is 0 Å². The summed E-state index contributed by atoms with van der Waals surface area (Å²) in [5.74, 6) is -0.547. The Bertz CT molecular complexity index is 537. The van der Waals surface area contributed by atoms with E-state index >= 15 is 0 Å². The fraction of sp³-hybridized carbons (Fsp3) is 0.182. The molecule has 0 unspecified atom stereocenters. The molecule has 0 aromatic carbocycles. The maximum absolute atomic E-state index is 11.6. The number of rotatable bonds is 1. The zero-order valence-corrected chi connectivity index (χ0v) is 8.16. The summed E-state index contributed by atoms with van der Waals surface area (Å²) in [4.78, 5) is 36.6. The number of ketones is 2. The van der Waals surface area contributed by atoms with Crippen LogP contribution in [0.4, 0.5) is 0 Å². The van der Waals surface area contributed by atoms with Crippen LogP contribution in [0.5, 0.6) is 0 Å². The zero-order valence-electron chi connectivity index (χ0n) is 8.16. The van der Waals surface area contributed by atoms with Gasteiger partial charge in [0.15, 0.2) is 5.78 Å². The third-order valence-corrected chi connectivity index (χ3v) is 2.38. The van der Waals surface area contributed by atoms with E-state index in [1.54, 1.807) is 0 Å². The van der Waals surface area contributed by atoms with Crippen LogP contribution in [0.3, 0.4) is 0 Å². The van der Waals surface area contributed by atoms with Gasteiger partial charge in [-0.3, -0.25) is 14.4 Å². The van der Waals surface area contributed by atoms with E-state index in [2.05, 4.69) is 4.98 Å². The molecule has 0 aliphatic heterocycles. The second-order valence-corrected chi connectivity index (χ2v) is 3.32. The first-order valence-corrected chi connectivity index (χ1v) is 4.66. The molecule has 4 heteroatoms. The third-order valence-electron chi connectivity index (χ3n) is 2.38. The highest BCUT2D eigenvalue weighted by Gasteiger charge is 2.22. The standard InChI is InChI=1S/C11H9NO3/c1-2-6-5-9(15)12-11-8(14)4-3-7(13)10(6)11/h3-5H,2H2,1H3,(H,12,15). The van der Waals surface area contributed by atoms with Crippen molar-refractivity contribution >= 4 is 11.6 Å². The number of hydrogen-bond acceptors (Lipinski definition) is 3. The summed E-state index contributed by atoms with van der Waals surface area (Å²) in [6.07, 6.45) is 2.97. The molecule has 0 fully saturated rings. The highest BCUT2D eigenvalue weighted by atomic mass is 16.1. The second kappa shape index (κ2) is 3.31. The maximum Gasteiger partial charge on any atom is 0.248 e. The van der Waals surface area contributed by atoms with E-state index in [0.717, 1.165) is 0 Å². The molecule has 0 radical (unpaired) electrons. The lowest BCUT2D eigenvalue weighted by Crippen LogP contribution is -2.22. The van der Waals surface area contributed by atoms with E-state index in [9.17, 15) is 14.4 Å². The average Bonchev–Trinajstić information content (AvgIpc) is 2.22. The van der Waals surface area contributed by atoms with Crippen molar-refractivity contribution in [3.8, 4) is 0 Å². The monoisotopic (exact) mass is 203 g/mol. The van der Waals surface area contributed by atoms with Gasteiger partial charge in [0.2, 0.25) is 11.3 Å². The van der Waals surface area contributed by atoms with E-state index in [-0.39, 0.29) is 22.8 Å². The second-order valence-electron chi connectivity index (χ2n) is 3.32. The molecule has 1 aliphatic carbocycles. The van der Waals surface area contributed by atoms with Crippen molar-refractivity contribution in [1.29, 1.82) is 0 Å². The number of aromatic nitrogens is 1. The Hall–Kier alpha value is -1.97. The predicted octanol–water partition coefficient (Wildman–Crippen LogP) is 0.873. The minimum atomic E-state index is -0.345. The van der Waals surface area contributed by atoms with Crippen molar-refractivity contribution in [2.45, 2.75) is 13.3 Å². The summed E-state index contributed by atoms with van der Waals surface area (Å²) in [6, 6.07) is 1.36. The molecule has 1 aliphatic rings. The van der Waals surface area contributed by atoms with Crippen LogP contribution < -0.4 is 5.56 Å². The number of aromatic amines is 1. The van der Waals surface area contributed by atoms with Crippen molar-refractivity contribution < 1.29 is 9.59 Å². The van der Waals surface area contributed by atoms with Crippen molar-refractivity contribution in [2.75, 3.05) is 0 Å². The number of allylic oxidation sites excluding steroid dienone is 2. The molecule has 0 bridgehead atoms. The number of carbonyl (C=O) groups excluding carboxylic acids is 2. The summed E-state index contributed by atoms with van der Waals surface area (Å²) in [6.45, 7) is 1.84. The summed E-state index contributed by atoms with van der Waals surface area (Å²) >= 11 is 0. The van der Waals surface area contributed by atoms with Crippen molar-refractivity contribution in [3.63, 3.8) is 0 Å². The van der Waals surface area contributed by atoms with Crippen LogP contribution in [0.15, 0.2) is 23.0 Å². The molecule has 0 atom stereocenters. The smallest absolute Gasteiger partial charge is 0.248 e. The molecular formula is C11H9NO3. The van der Waals surface area contributed by atoms with Gasteiger partial charge in [0.25, 0.3) is 0 Å². The average molecular weight is 203 g/mol. The van der Waals surface area contributed by atoms with Gasteiger partial charge in [0.1, 0.15) is 5.69 Å². The third kappa shape index (κ3) is 1.44. The van der Waals surface area contributed by atoms with Crippen molar-refractivity contribution in [2.24, 2.45) is 0 Å². The molecule has 0 amide bonds. The number of nitrogens with one attached hydrogen (secondary N) is 1. The fourth-order valence-electron chi connectivity index (χ4n) is 1.68. The summed E-state index contributed by atoms with van der Waals surface area (Å²) in [7, 11) is 0. The molecule has 1 aromatic heterocycles. The first-order chi connectivity index (χ1) is 7.13. The fourth-order valence-corrected chi connectivity index (χ4v) is 1.68. The maximum atomic E-state index is 11.6. The number of fused-ring (bicyclic) bond motifs is 1. The molecule has 0 saturated carbocycles. The Balaban J connectivity index is 2.81. The largest absolute Gasteiger partial charge is 0.319 e. The molecular weight excluding hydrogens is 194 g/mol. The van der Waals surface area contributed by atoms with Crippen LogP contribution >= 0.6 is 0 Å². The molecule has 15 heavy (non-hydrogen) atoms. The highest BCUT2D eigenvalue weighted by Crippen LogP contribution is 2.17. The van der Waals surface area contributed by atoms with E-state index in [0.29, 0.717) is 17.5 Å². The molecule has 4 nitrogen and oxygen atoms in total. The quantitative estimate of drug-likeness (QED) is 0.736. The zero-order chi connectivity index (χ0) is 11.0. The molecule has 2 rings (SSSR count). The molecule has 1 heterocycles. The van der Waals surface area contributed by atoms with Crippen LogP contribution in [0.2, 0.25) is 0 Å². The van der Waals surface area contributed by atoms with Crippen LogP contribution in [-0.4, -0.2) is 16.6 Å². The number of carbonyl (C=O) groups is 2. The first-order valence-electron chi connectivity index (χ1n) is 4.66. The van der Waals surface area contributed by atoms with E-state index < -0.39 is 0 Å². The summed E-state index contributed by atoms with van der Waals surface area (Å²) in [5, 5.41) is 0. The lowest BCUT2D eigenvalue weighted by Gasteiger charge is -2.11. The highest BCUT2D eigenvalue weighted by molar-refractivity contribution is 6.21. The number of H-pyrrole nitrogens is 1. The van der Waals surface area contributed by atoms with Gasteiger partial charge in [0.05, 0.1) is 5.56 Å². The molecule has 76 valence electrons. The lowest BCUT2D eigenvalue weighted by atomic mass is 9.94. The normalized spacial score (nSPS) is 14.2. The minimum Gasteiger partial charge on any atom is -0.319 e. The van der Waals surface area contributed by atoms with Gasteiger partial charge in [-0.2, -0.15) is 0 Å². The molecule has 0 spiro atoms.